The molecule has 2 rings (SSSR count). The van der Waals surface area contributed by atoms with Crippen LogP contribution < -0.4 is 9.64 Å². The van der Waals surface area contributed by atoms with Gasteiger partial charge in [-0.15, -0.1) is 0 Å². The summed E-state index contributed by atoms with van der Waals surface area (Å²) in [5.41, 5.74) is 1.11. The highest BCUT2D eigenvalue weighted by Crippen LogP contribution is 2.34. The molecule has 22 heavy (non-hydrogen) atoms. The third-order valence-corrected chi connectivity index (χ3v) is 4.95. The van der Waals surface area contributed by atoms with Crippen LogP contribution in [0.2, 0.25) is 5.02 Å². The van der Waals surface area contributed by atoms with Gasteiger partial charge in [-0.2, -0.15) is 0 Å². The lowest BCUT2D eigenvalue weighted by Gasteiger charge is -2.27. The third kappa shape index (κ3) is 5.73. The van der Waals surface area contributed by atoms with Gasteiger partial charge in [0.05, 0.1) is 35.8 Å². The van der Waals surface area contributed by atoms with Crippen LogP contribution in [0, 0.1) is 12.8 Å². The monoisotopic (exact) mass is 390 g/mol. The van der Waals surface area contributed by atoms with Crippen molar-refractivity contribution in [3.05, 3.63) is 27.2 Å². The van der Waals surface area contributed by atoms with Crippen molar-refractivity contribution in [1.82, 2.24) is 0 Å². The van der Waals surface area contributed by atoms with Crippen LogP contribution in [0.1, 0.15) is 25.3 Å². The second-order valence-corrected chi connectivity index (χ2v) is 7.48. The Balaban J connectivity index is 1.61. The molecule has 1 aromatic rings. The first kappa shape index (κ1) is 18.1. The molecule has 5 heteroatoms. The zero-order valence-electron chi connectivity index (χ0n) is 13.5. The molecule has 3 nitrogen and oxygen atoms in total. The van der Waals surface area contributed by atoms with Gasteiger partial charge in [-0.25, -0.2) is 0 Å². The van der Waals surface area contributed by atoms with E-state index in [4.69, 9.17) is 21.1 Å². The number of piperidine rings is 1. The summed E-state index contributed by atoms with van der Waals surface area (Å²) in [6, 6.07) is 3.91. The number of hydrogen-bond acceptors (Lipinski definition) is 2. The van der Waals surface area contributed by atoms with Gasteiger partial charge in [-0.1, -0.05) is 18.5 Å². The Bertz CT molecular complexity index is 461. The number of aryl methyl sites for hydroxylation is 1. The lowest BCUT2D eigenvalue weighted by atomic mass is 10.0. The van der Waals surface area contributed by atoms with E-state index in [1.807, 2.05) is 19.1 Å². The Hall–Kier alpha value is -0.290. The summed E-state index contributed by atoms with van der Waals surface area (Å²) >= 11 is 9.68. The number of ether oxygens (including phenoxy) is 2. The molecule has 0 aliphatic carbocycles. The van der Waals surface area contributed by atoms with Crippen LogP contribution in [-0.2, 0) is 4.74 Å². The molecule has 1 N–H and O–H groups in total. The number of quaternary nitrogens is 1. The molecule has 0 spiro atoms. The molecule has 1 heterocycles. The number of rotatable bonds is 7. The standard InChI is InChI=1S/C17H25BrClNO2/c1-13-4-3-5-20(12-13)6-7-21-8-9-22-17-15(18)10-14(2)11-16(17)19/h10-11,13H,3-9,12H2,1-2H3/p+1/t13-/m0/s1. The maximum absolute atomic E-state index is 6.19. The minimum atomic E-state index is 0.521. The molecule has 0 bridgehead atoms. The minimum Gasteiger partial charge on any atom is -0.488 e. The molecule has 1 aliphatic rings. The van der Waals surface area contributed by atoms with Crippen LogP contribution in [-0.4, -0.2) is 39.5 Å². The maximum Gasteiger partial charge on any atom is 0.152 e. The Kier molecular flexibility index (Phi) is 7.48. The molecule has 124 valence electrons. The van der Waals surface area contributed by atoms with Gasteiger partial charge in [-0.3, -0.25) is 0 Å². The van der Waals surface area contributed by atoms with Crippen LogP contribution in [0.3, 0.4) is 0 Å². The van der Waals surface area contributed by atoms with E-state index in [0.717, 1.165) is 29.1 Å². The molecular formula is C17H26BrClNO2+. The Morgan fingerprint density at radius 3 is 2.86 bits per heavy atom. The summed E-state index contributed by atoms with van der Waals surface area (Å²) in [5, 5.41) is 0.638. The van der Waals surface area contributed by atoms with Crippen LogP contribution in [0.4, 0.5) is 0 Å². The molecule has 1 aliphatic heterocycles. The Morgan fingerprint density at radius 2 is 2.14 bits per heavy atom. The van der Waals surface area contributed by atoms with Gasteiger partial charge in [0.25, 0.3) is 0 Å². The van der Waals surface area contributed by atoms with Gasteiger partial charge in [0, 0.05) is 5.92 Å². The van der Waals surface area contributed by atoms with Gasteiger partial charge in [0.1, 0.15) is 13.2 Å². The average Bonchev–Trinajstić information content (AvgIpc) is 2.44. The fraction of sp³-hybridized carbons (Fsp3) is 0.647. The second kappa shape index (κ2) is 9.11. The van der Waals surface area contributed by atoms with Crippen LogP contribution >= 0.6 is 27.5 Å². The third-order valence-electron chi connectivity index (χ3n) is 4.08. The number of nitrogens with one attached hydrogen (secondary N) is 1. The summed E-state index contributed by atoms with van der Waals surface area (Å²) in [6.07, 6.45) is 2.73. The molecule has 1 unspecified atom stereocenters. The fourth-order valence-corrected chi connectivity index (χ4v) is 4.10. The number of hydrogen-bond donors (Lipinski definition) is 1. The van der Waals surface area contributed by atoms with Gasteiger partial charge < -0.3 is 14.4 Å². The average molecular weight is 392 g/mol. The van der Waals surface area contributed by atoms with E-state index in [0.29, 0.717) is 24.0 Å². The van der Waals surface area contributed by atoms with Crippen molar-refractivity contribution in [2.45, 2.75) is 26.7 Å². The highest BCUT2D eigenvalue weighted by atomic mass is 79.9. The number of benzene rings is 1. The topological polar surface area (TPSA) is 22.9 Å². The van der Waals surface area contributed by atoms with E-state index in [2.05, 4.69) is 22.9 Å². The molecule has 2 atom stereocenters. The van der Waals surface area contributed by atoms with Crippen molar-refractivity contribution >= 4 is 27.5 Å². The van der Waals surface area contributed by atoms with Crippen LogP contribution in [0.25, 0.3) is 0 Å². The van der Waals surface area contributed by atoms with Crippen molar-refractivity contribution in [2.75, 3.05) is 39.5 Å². The van der Waals surface area contributed by atoms with Gasteiger partial charge in [0.2, 0.25) is 0 Å². The van der Waals surface area contributed by atoms with E-state index in [-0.39, 0.29) is 0 Å². The predicted molar refractivity (Wildman–Crippen MR) is 94.2 cm³/mol. The van der Waals surface area contributed by atoms with E-state index in [9.17, 15) is 0 Å². The largest absolute Gasteiger partial charge is 0.488 e. The first-order valence-electron chi connectivity index (χ1n) is 8.06. The number of halogens is 2. The lowest BCUT2D eigenvalue weighted by Crippen LogP contribution is -3.14. The van der Waals surface area contributed by atoms with Crippen molar-refractivity contribution < 1.29 is 14.4 Å². The zero-order chi connectivity index (χ0) is 15.9. The van der Waals surface area contributed by atoms with E-state index >= 15 is 0 Å². The molecule has 0 saturated carbocycles. The minimum absolute atomic E-state index is 0.521. The summed E-state index contributed by atoms with van der Waals surface area (Å²) in [5.74, 6) is 1.56. The molecule has 1 saturated heterocycles. The van der Waals surface area contributed by atoms with E-state index in [1.165, 1.54) is 25.9 Å². The van der Waals surface area contributed by atoms with Gasteiger partial charge >= 0.3 is 0 Å². The van der Waals surface area contributed by atoms with Crippen LogP contribution in [0.5, 0.6) is 5.75 Å². The first-order valence-corrected chi connectivity index (χ1v) is 9.23. The number of likely N-dealkylation sites (tertiary alicyclic amines) is 1. The molecule has 0 amide bonds. The van der Waals surface area contributed by atoms with Crippen molar-refractivity contribution in [3.63, 3.8) is 0 Å². The zero-order valence-corrected chi connectivity index (χ0v) is 15.8. The predicted octanol–water partition coefficient (Wildman–Crippen LogP) is 3.12. The molecule has 0 radical (unpaired) electrons. The quantitative estimate of drug-likeness (QED) is 0.722. The normalized spacial score (nSPS) is 21.8. The molecular weight excluding hydrogens is 366 g/mol. The van der Waals surface area contributed by atoms with Crippen LogP contribution in [0.15, 0.2) is 16.6 Å². The summed E-state index contributed by atoms with van der Waals surface area (Å²) < 4.78 is 12.3. The SMILES string of the molecule is Cc1cc(Cl)c(OCCOCC[NH+]2CCC[C@H](C)C2)c(Br)c1. The smallest absolute Gasteiger partial charge is 0.152 e. The first-order chi connectivity index (χ1) is 10.6. The van der Waals surface area contributed by atoms with Gasteiger partial charge in [-0.05, 0) is 53.4 Å². The lowest BCUT2D eigenvalue weighted by molar-refractivity contribution is -0.908. The molecule has 1 fully saturated rings. The van der Waals surface area contributed by atoms with Crippen molar-refractivity contribution in [1.29, 1.82) is 0 Å². The molecule has 0 aromatic heterocycles. The second-order valence-electron chi connectivity index (χ2n) is 6.22. The molecule has 1 aromatic carbocycles. The Morgan fingerprint density at radius 1 is 1.32 bits per heavy atom. The van der Waals surface area contributed by atoms with Crippen molar-refractivity contribution in [3.8, 4) is 5.75 Å². The van der Waals surface area contributed by atoms with Gasteiger partial charge in [0.15, 0.2) is 5.75 Å². The fourth-order valence-electron chi connectivity index (χ4n) is 2.97. The van der Waals surface area contributed by atoms with Crippen molar-refractivity contribution in [2.24, 2.45) is 5.92 Å². The van der Waals surface area contributed by atoms with E-state index in [1.54, 1.807) is 4.90 Å². The highest BCUT2D eigenvalue weighted by Gasteiger charge is 2.18. The summed E-state index contributed by atoms with van der Waals surface area (Å²) in [6.45, 7) is 9.94. The highest BCUT2D eigenvalue weighted by molar-refractivity contribution is 9.10. The Labute approximate surface area is 147 Å². The summed E-state index contributed by atoms with van der Waals surface area (Å²) in [7, 11) is 0. The summed E-state index contributed by atoms with van der Waals surface area (Å²) in [4.78, 5) is 1.67. The maximum atomic E-state index is 6.19. The van der Waals surface area contributed by atoms with E-state index < -0.39 is 0 Å².